The molecule has 2 aromatic carbocycles. The molecule has 0 aliphatic heterocycles. The smallest absolute Gasteiger partial charge is 0.266 e. The summed E-state index contributed by atoms with van der Waals surface area (Å²) in [6.45, 7) is 1.75. The first-order valence-corrected chi connectivity index (χ1v) is 10.5. The van der Waals surface area contributed by atoms with Crippen molar-refractivity contribution in [1.82, 2.24) is 9.55 Å². The van der Waals surface area contributed by atoms with Crippen molar-refractivity contribution in [3.63, 3.8) is 0 Å². The summed E-state index contributed by atoms with van der Waals surface area (Å²) in [4.78, 5) is 31.2. The van der Waals surface area contributed by atoms with Crippen molar-refractivity contribution in [2.75, 3.05) is 19.5 Å². The van der Waals surface area contributed by atoms with Crippen LogP contribution >= 0.6 is 11.3 Å². The first-order chi connectivity index (χ1) is 15.4. The minimum absolute atomic E-state index is 0.0499. The summed E-state index contributed by atoms with van der Waals surface area (Å²) in [6.07, 6.45) is 1.38. The zero-order chi connectivity index (χ0) is 22.8. The zero-order valence-corrected chi connectivity index (χ0v) is 18.5. The van der Waals surface area contributed by atoms with Crippen LogP contribution in [-0.4, -0.2) is 29.7 Å². The number of nitrogens with one attached hydrogen (secondary N) is 1. The van der Waals surface area contributed by atoms with Gasteiger partial charge in [0.15, 0.2) is 0 Å². The third-order valence-electron chi connectivity index (χ3n) is 5.08. The van der Waals surface area contributed by atoms with Crippen molar-refractivity contribution in [3.05, 3.63) is 81.0 Å². The summed E-state index contributed by atoms with van der Waals surface area (Å²) in [5.41, 5.74) is 1.05. The maximum atomic E-state index is 14.0. The van der Waals surface area contributed by atoms with Crippen LogP contribution in [0.2, 0.25) is 0 Å². The number of aromatic nitrogens is 2. The summed E-state index contributed by atoms with van der Waals surface area (Å²) >= 11 is 1.13. The largest absolute Gasteiger partial charge is 0.497 e. The fourth-order valence-corrected chi connectivity index (χ4v) is 4.41. The Hall–Kier alpha value is -3.72. The molecule has 0 atom stereocenters. The third kappa shape index (κ3) is 3.94. The molecule has 0 saturated carbocycles. The van der Waals surface area contributed by atoms with Crippen molar-refractivity contribution in [2.45, 2.75) is 13.5 Å². The molecule has 4 aromatic rings. The van der Waals surface area contributed by atoms with Crippen molar-refractivity contribution < 1.29 is 18.7 Å². The van der Waals surface area contributed by atoms with Crippen molar-refractivity contribution in [3.8, 4) is 11.5 Å². The number of carbonyl (C=O) groups is 1. The summed E-state index contributed by atoms with van der Waals surface area (Å²) in [5, 5.41) is 3.16. The average molecular weight is 453 g/mol. The van der Waals surface area contributed by atoms with Gasteiger partial charge in [-0.1, -0.05) is 18.2 Å². The standard InChI is InChI=1S/C23H20FN3O4S/c1-13-19-22(25-12-27(23(19)29)11-14-6-4-5-7-16(14)24)32-20(13)21(28)26-17-9-8-15(30-2)10-18(17)31-3/h4-10,12H,11H2,1-3H3,(H,26,28). The summed E-state index contributed by atoms with van der Waals surface area (Å²) in [6, 6.07) is 11.3. The number of nitrogens with zero attached hydrogens (tertiary/aromatic N) is 2. The number of methoxy groups -OCH3 is 2. The van der Waals surface area contributed by atoms with E-state index in [4.69, 9.17) is 9.47 Å². The Morgan fingerprint density at radius 3 is 2.69 bits per heavy atom. The number of rotatable bonds is 6. The average Bonchev–Trinajstić information content (AvgIpc) is 3.14. The van der Waals surface area contributed by atoms with Gasteiger partial charge in [-0.05, 0) is 30.7 Å². The molecule has 9 heteroatoms. The summed E-state index contributed by atoms with van der Waals surface area (Å²) in [5.74, 6) is 0.267. The van der Waals surface area contributed by atoms with Gasteiger partial charge < -0.3 is 14.8 Å². The van der Waals surface area contributed by atoms with Crippen LogP contribution in [0.3, 0.4) is 0 Å². The van der Waals surface area contributed by atoms with E-state index in [-0.39, 0.29) is 18.0 Å². The number of benzene rings is 2. The van der Waals surface area contributed by atoms with Gasteiger partial charge in [-0.2, -0.15) is 0 Å². The Bertz CT molecular complexity index is 1380. The fourth-order valence-electron chi connectivity index (χ4n) is 3.38. The Morgan fingerprint density at radius 1 is 1.19 bits per heavy atom. The lowest BCUT2D eigenvalue weighted by molar-refractivity contribution is 0.102. The van der Waals surface area contributed by atoms with Crippen LogP contribution in [0.4, 0.5) is 10.1 Å². The Kier molecular flexibility index (Phi) is 5.91. The molecule has 0 unspecified atom stereocenters. The van der Waals surface area contributed by atoms with Gasteiger partial charge in [-0.15, -0.1) is 11.3 Å². The number of ether oxygens (including phenoxy) is 2. The highest BCUT2D eigenvalue weighted by Crippen LogP contribution is 2.32. The molecule has 1 N–H and O–H groups in total. The molecular formula is C23H20FN3O4S. The van der Waals surface area contributed by atoms with Crippen LogP contribution in [0.5, 0.6) is 11.5 Å². The van der Waals surface area contributed by atoms with E-state index in [1.54, 1.807) is 50.4 Å². The number of fused-ring (bicyclic) bond motifs is 1. The molecule has 0 spiro atoms. The van der Waals surface area contributed by atoms with Gasteiger partial charge in [-0.3, -0.25) is 14.2 Å². The van der Waals surface area contributed by atoms with Gasteiger partial charge >= 0.3 is 0 Å². The molecule has 0 bridgehead atoms. The van der Waals surface area contributed by atoms with E-state index in [0.29, 0.717) is 43.4 Å². The van der Waals surface area contributed by atoms with Gasteiger partial charge in [0.2, 0.25) is 0 Å². The van der Waals surface area contributed by atoms with Crippen molar-refractivity contribution >= 4 is 33.1 Å². The van der Waals surface area contributed by atoms with Gasteiger partial charge in [0.25, 0.3) is 11.5 Å². The maximum Gasteiger partial charge on any atom is 0.266 e. The molecule has 32 heavy (non-hydrogen) atoms. The number of aryl methyl sites for hydroxylation is 1. The maximum absolute atomic E-state index is 14.0. The quantitative estimate of drug-likeness (QED) is 0.473. The summed E-state index contributed by atoms with van der Waals surface area (Å²) in [7, 11) is 3.04. The zero-order valence-electron chi connectivity index (χ0n) is 17.6. The van der Waals surface area contributed by atoms with Gasteiger partial charge in [-0.25, -0.2) is 9.37 Å². The second kappa shape index (κ2) is 8.80. The molecule has 4 rings (SSSR count). The molecule has 164 valence electrons. The van der Waals surface area contributed by atoms with Crippen LogP contribution in [-0.2, 0) is 6.54 Å². The first-order valence-electron chi connectivity index (χ1n) is 9.68. The molecule has 2 aromatic heterocycles. The third-order valence-corrected chi connectivity index (χ3v) is 6.28. The molecule has 0 saturated heterocycles. The number of amides is 1. The topological polar surface area (TPSA) is 82.5 Å². The van der Waals surface area contributed by atoms with Crippen LogP contribution in [0.1, 0.15) is 20.8 Å². The number of hydrogen-bond acceptors (Lipinski definition) is 6. The molecule has 0 aliphatic carbocycles. The van der Waals surface area contributed by atoms with Gasteiger partial charge in [0.1, 0.15) is 22.1 Å². The highest BCUT2D eigenvalue weighted by Gasteiger charge is 2.21. The van der Waals surface area contributed by atoms with Crippen molar-refractivity contribution in [2.24, 2.45) is 0 Å². The minimum Gasteiger partial charge on any atom is -0.497 e. The van der Waals surface area contributed by atoms with Gasteiger partial charge in [0, 0.05) is 11.6 Å². The lowest BCUT2D eigenvalue weighted by Crippen LogP contribution is -2.21. The Labute approximate surface area is 187 Å². The van der Waals surface area contributed by atoms with Crippen LogP contribution in [0.15, 0.2) is 53.6 Å². The SMILES string of the molecule is COc1ccc(NC(=O)c2sc3ncn(Cc4ccccc4F)c(=O)c3c2C)c(OC)c1. The molecule has 7 nitrogen and oxygen atoms in total. The lowest BCUT2D eigenvalue weighted by Gasteiger charge is -2.11. The lowest BCUT2D eigenvalue weighted by atomic mass is 10.2. The summed E-state index contributed by atoms with van der Waals surface area (Å²) < 4.78 is 25.9. The van der Waals surface area contributed by atoms with Crippen molar-refractivity contribution in [1.29, 1.82) is 0 Å². The molecule has 1 amide bonds. The molecule has 0 radical (unpaired) electrons. The highest BCUT2D eigenvalue weighted by atomic mass is 32.1. The predicted molar refractivity (Wildman–Crippen MR) is 122 cm³/mol. The van der Waals surface area contributed by atoms with Crippen LogP contribution < -0.4 is 20.3 Å². The number of carbonyl (C=O) groups excluding carboxylic acids is 1. The Morgan fingerprint density at radius 2 is 1.97 bits per heavy atom. The van der Waals surface area contributed by atoms with Crippen LogP contribution in [0.25, 0.3) is 10.2 Å². The Balaban J connectivity index is 1.68. The van der Waals surface area contributed by atoms with E-state index in [1.165, 1.54) is 24.1 Å². The monoisotopic (exact) mass is 453 g/mol. The van der Waals surface area contributed by atoms with E-state index in [0.717, 1.165) is 11.3 Å². The van der Waals surface area contributed by atoms with E-state index in [2.05, 4.69) is 10.3 Å². The second-order valence-electron chi connectivity index (χ2n) is 7.03. The molecule has 0 aliphatic rings. The normalized spacial score (nSPS) is 10.9. The predicted octanol–water partition coefficient (Wildman–Crippen LogP) is 4.22. The second-order valence-corrected chi connectivity index (χ2v) is 8.02. The first kappa shape index (κ1) is 21.5. The van der Waals surface area contributed by atoms with E-state index < -0.39 is 5.82 Å². The fraction of sp³-hybridized carbons (Fsp3) is 0.174. The van der Waals surface area contributed by atoms with E-state index >= 15 is 0 Å². The number of thiophene rings is 1. The van der Waals surface area contributed by atoms with E-state index in [9.17, 15) is 14.0 Å². The number of halogens is 1. The molecular weight excluding hydrogens is 433 g/mol. The minimum atomic E-state index is -0.393. The number of hydrogen-bond donors (Lipinski definition) is 1. The molecule has 0 fully saturated rings. The van der Waals surface area contributed by atoms with E-state index in [1.807, 2.05) is 0 Å². The highest BCUT2D eigenvalue weighted by molar-refractivity contribution is 7.20. The van der Waals surface area contributed by atoms with Crippen LogP contribution in [0, 0.1) is 12.7 Å². The van der Waals surface area contributed by atoms with Gasteiger partial charge in [0.05, 0.1) is 43.0 Å². The molecule has 2 heterocycles. The number of anilines is 1.